The van der Waals surface area contributed by atoms with E-state index in [9.17, 15) is 5.11 Å². The van der Waals surface area contributed by atoms with E-state index in [4.69, 9.17) is 4.74 Å². The third kappa shape index (κ3) is 3.28. The Kier molecular flexibility index (Phi) is 4.20. The molecule has 4 atom stereocenters. The first kappa shape index (κ1) is 11.0. The predicted octanol–water partition coefficient (Wildman–Crippen LogP) is 2.21. The van der Waals surface area contributed by atoms with Crippen LogP contribution in [0.5, 0.6) is 0 Å². The molecule has 1 rings (SSSR count). The van der Waals surface area contributed by atoms with Gasteiger partial charge >= 0.3 is 0 Å². The van der Waals surface area contributed by atoms with Crippen molar-refractivity contribution in [2.24, 2.45) is 11.8 Å². The lowest BCUT2D eigenvalue weighted by Crippen LogP contribution is -2.30. The minimum Gasteiger partial charge on any atom is -0.393 e. The Bertz CT molecular complexity index is 147. The minimum atomic E-state index is -0.0960. The Morgan fingerprint density at radius 3 is 2.69 bits per heavy atom. The highest BCUT2D eigenvalue weighted by atomic mass is 16.5. The van der Waals surface area contributed by atoms with E-state index in [1.165, 1.54) is 6.42 Å². The summed E-state index contributed by atoms with van der Waals surface area (Å²) in [4.78, 5) is 0. The summed E-state index contributed by atoms with van der Waals surface area (Å²) in [5.41, 5.74) is 0. The third-order valence-corrected chi connectivity index (χ3v) is 3.26. The maximum atomic E-state index is 9.83. The van der Waals surface area contributed by atoms with E-state index in [0.29, 0.717) is 11.8 Å². The molecule has 1 aliphatic carbocycles. The molecular weight excluding hydrogens is 164 g/mol. The van der Waals surface area contributed by atoms with Crippen molar-refractivity contribution in [3.05, 3.63) is 0 Å². The van der Waals surface area contributed by atoms with Gasteiger partial charge in [-0.25, -0.2) is 0 Å². The quantitative estimate of drug-likeness (QED) is 0.732. The van der Waals surface area contributed by atoms with Gasteiger partial charge in [-0.1, -0.05) is 13.3 Å². The van der Waals surface area contributed by atoms with Gasteiger partial charge in [0.1, 0.15) is 0 Å². The summed E-state index contributed by atoms with van der Waals surface area (Å²) in [6, 6.07) is 0. The summed E-state index contributed by atoms with van der Waals surface area (Å²) in [5, 5.41) is 9.83. The van der Waals surface area contributed by atoms with Crippen molar-refractivity contribution in [1.29, 1.82) is 0 Å². The zero-order chi connectivity index (χ0) is 9.84. The minimum absolute atomic E-state index is 0.0960. The lowest BCUT2D eigenvalue weighted by atomic mass is 9.78. The molecule has 2 heteroatoms. The lowest BCUT2D eigenvalue weighted by Gasteiger charge is -2.32. The van der Waals surface area contributed by atoms with E-state index in [0.717, 1.165) is 19.3 Å². The van der Waals surface area contributed by atoms with Gasteiger partial charge in [-0.3, -0.25) is 0 Å². The molecule has 0 amide bonds. The van der Waals surface area contributed by atoms with E-state index in [2.05, 4.69) is 13.8 Å². The average Bonchev–Trinajstić information content (AvgIpc) is 2.09. The number of aliphatic hydroxyl groups excluding tert-OH is 1. The van der Waals surface area contributed by atoms with Gasteiger partial charge in [0.05, 0.1) is 12.2 Å². The molecule has 0 spiro atoms. The van der Waals surface area contributed by atoms with Crippen LogP contribution < -0.4 is 0 Å². The van der Waals surface area contributed by atoms with Crippen molar-refractivity contribution in [3.63, 3.8) is 0 Å². The van der Waals surface area contributed by atoms with Gasteiger partial charge < -0.3 is 9.84 Å². The van der Waals surface area contributed by atoms with Crippen molar-refractivity contribution in [2.45, 2.75) is 51.7 Å². The van der Waals surface area contributed by atoms with Crippen LogP contribution in [0.25, 0.3) is 0 Å². The van der Waals surface area contributed by atoms with E-state index in [1.807, 2.05) is 0 Å². The first-order valence-electron chi connectivity index (χ1n) is 5.34. The molecule has 3 unspecified atom stereocenters. The van der Waals surface area contributed by atoms with Crippen LogP contribution in [0.15, 0.2) is 0 Å². The van der Waals surface area contributed by atoms with Gasteiger partial charge in [0.25, 0.3) is 0 Å². The van der Waals surface area contributed by atoms with Gasteiger partial charge in [-0.2, -0.15) is 0 Å². The monoisotopic (exact) mass is 186 g/mol. The topological polar surface area (TPSA) is 29.5 Å². The van der Waals surface area contributed by atoms with Gasteiger partial charge in [0.2, 0.25) is 0 Å². The molecule has 1 fully saturated rings. The fourth-order valence-electron chi connectivity index (χ4n) is 2.21. The predicted molar refractivity (Wildman–Crippen MR) is 53.6 cm³/mol. The van der Waals surface area contributed by atoms with Crippen LogP contribution in [-0.2, 0) is 4.74 Å². The van der Waals surface area contributed by atoms with E-state index in [-0.39, 0.29) is 12.2 Å². The average molecular weight is 186 g/mol. The third-order valence-electron chi connectivity index (χ3n) is 3.26. The highest BCUT2D eigenvalue weighted by molar-refractivity contribution is 4.79. The molecule has 0 saturated heterocycles. The van der Waals surface area contributed by atoms with Crippen LogP contribution in [0.1, 0.15) is 39.5 Å². The molecule has 1 N–H and O–H groups in total. The fourth-order valence-corrected chi connectivity index (χ4v) is 2.21. The molecule has 0 aromatic rings. The normalized spacial score (nSPS) is 37.4. The fraction of sp³-hybridized carbons (Fsp3) is 1.00. The molecule has 0 aromatic carbocycles. The van der Waals surface area contributed by atoms with Crippen LogP contribution in [0.3, 0.4) is 0 Å². The summed E-state index contributed by atoms with van der Waals surface area (Å²) >= 11 is 0. The second kappa shape index (κ2) is 4.97. The molecule has 0 radical (unpaired) electrons. The van der Waals surface area contributed by atoms with Crippen LogP contribution in [-0.4, -0.2) is 24.4 Å². The standard InChI is InChI=1S/C11H22O2/c1-8-4-5-10(11(12)6-8)7-9(2)13-3/h8-12H,4-7H2,1-3H3/t8?,9-,10?,11?/m1/s1. The van der Waals surface area contributed by atoms with Crippen LogP contribution in [0.4, 0.5) is 0 Å². The molecule has 13 heavy (non-hydrogen) atoms. The molecule has 0 aliphatic heterocycles. The van der Waals surface area contributed by atoms with Gasteiger partial charge in [-0.15, -0.1) is 0 Å². The Hall–Kier alpha value is -0.0800. The number of methoxy groups -OCH3 is 1. The number of hydrogen-bond acceptors (Lipinski definition) is 2. The van der Waals surface area contributed by atoms with Crippen molar-refractivity contribution in [3.8, 4) is 0 Å². The first-order chi connectivity index (χ1) is 6.13. The number of aliphatic hydroxyl groups is 1. The largest absolute Gasteiger partial charge is 0.393 e. The highest BCUT2D eigenvalue weighted by Gasteiger charge is 2.27. The Balaban J connectivity index is 2.33. The Labute approximate surface area is 81.3 Å². The lowest BCUT2D eigenvalue weighted by molar-refractivity contribution is 0.0107. The molecular formula is C11H22O2. The molecule has 1 aliphatic rings. The van der Waals surface area contributed by atoms with Crippen LogP contribution in [0.2, 0.25) is 0 Å². The zero-order valence-electron chi connectivity index (χ0n) is 8.99. The molecule has 0 bridgehead atoms. The van der Waals surface area contributed by atoms with Crippen LogP contribution in [0, 0.1) is 11.8 Å². The van der Waals surface area contributed by atoms with E-state index < -0.39 is 0 Å². The zero-order valence-corrected chi connectivity index (χ0v) is 8.99. The number of ether oxygens (including phenoxy) is 1. The van der Waals surface area contributed by atoms with Gasteiger partial charge in [-0.05, 0) is 38.0 Å². The van der Waals surface area contributed by atoms with Crippen molar-refractivity contribution >= 4 is 0 Å². The molecule has 78 valence electrons. The SMILES string of the molecule is CO[C@H](C)CC1CCC(C)CC1O. The molecule has 1 saturated carbocycles. The van der Waals surface area contributed by atoms with Crippen LogP contribution >= 0.6 is 0 Å². The second-order valence-electron chi connectivity index (χ2n) is 4.53. The smallest absolute Gasteiger partial charge is 0.0571 e. The van der Waals surface area contributed by atoms with Crippen molar-refractivity contribution < 1.29 is 9.84 Å². The summed E-state index contributed by atoms with van der Waals surface area (Å²) in [6.07, 6.45) is 4.59. The second-order valence-corrected chi connectivity index (χ2v) is 4.53. The number of hydrogen-bond donors (Lipinski definition) is 1. The van der Waals surface area contributed by atoms with Gasteiger partial charge in [0.15, 0.2) is 0 Å². The molecule has 0 aromatic heterocycles. The first-order valence-corrected chi connectivity index (χ1v) is 5.34. The maximum Gasteiger partial charge on any atom is 0.0571 e. The maximum absolute atomic E-state index is 9.83. The number of rotatable bonds is 3. The summed E-state index contributed by atoms with van der Waals surface area (Å²) in [5.74, 6) is 1.16. The van der Waals surface area contributed by atoms with Gasteiger partial charge in [0, 0.05) is 7.11 Å². The summed E-state index contributed by atoms with van der Waals surface area (Å²) < 4.78 is 5.22. The summed E-state index contributed by atoms with van der Waals surface area (Å²) in [7, 11) is 1.74. The van der Waals surface area contributed by atoms with Crippen molar-refractivity contribution in [2.75, 3.05) is 7.11 Å². The van der Waals surface area contributed by atoms with Crippen molar-refractivity contribution in [1.82, 2.24) is 0 Å². The molecule has 2 nitrogen and oxygen atoms in total. The van der Waals surface area contributed by atoms with E-state index >= 15 is 0 Å². The Morgan fingerprint density at radius 2 is 2.15 bits per heavy atom. The molecule has 0 heterocycles. The summed E-state index contributed by atoms with van der Waals surface area (Å²) in [6.45, 7) is 4.30. The van der Waals surface area contributed by atoms with E-state index in [1.54, 1.807) is 7.11 Å². The highest BCUT2D eigenvalue weighted by Crippen LogP contribution is 2.31. The Morgan fingerprint density at radius 1 is 1.46 bits per heavy atom.